The third kappa shape index (κ3) is 4.09. The summed E-state index contributed by atoms with van der Waals surface area (Å²) in [5, 5.41) is 0. The summed E-state index contributed by atoms with van der Waals surface area (Å²) in [4.78, 5) is 0. The second-order valence-electron chi connectivity index (χ2n) is 7.11. The zero-order valence-corrected chi connectivity index (χ0v) is 14.9. The normalized spacial score (nSPS) is 17.0. The van der Waals surface area contributed by atoms with Gasteiger partial charge in [-0.1, -0.05) is 38.1 Å². The molecule has 0 aliphatic carbocycles. The van der Waals surface area contributed by atoms with E-state index in [1.807, 2.05) is 38.1 Å². The number of benzene rings is 2. The van der Waals surface area contributed by atoms with Gasteiger partial charge in [-0.3, -0.25) is 0 Å². The van der Waals surface area contributed by atoms with E-state index in [1.54, 1.807) is 0 Å². The predicted octanol–water partition coefficient (Wildman–Crippen LogP) is 4.58. The minimum Gasteiger partial charge on any atom is -0.491 e. The SMILES string of the molecule is CC(C)Oc1ccc(C(C)(C)c2ccc(OCC3CO3)cc2)cc1. The first-order chi connectivity index (χ1) is 11.4. The largest absolute Gasteiger partial charge is 0.491 e. The van der Waals surface area contributed by atoms with Crippen molar-refractivity contribution in [1.29, 1.82) is 0 Å². The Hall–Kier alpha value is -2.00. The number of ether oxygens (including phenoxy) is 3. The molecule has 0 N–H and O–H groups in total. The molecule has 1 saturated heterocycles. The molecular formula is C21H26O3. The maximum atomic E-state index is 5.73. The van der Waals surface area contributed by atoms with E-state index in [2.05, 4.69) is 38.1 Å². The monoisotopic (exact) mass is 326 g/mol. The first-order valence-corrected chi connectivity index (χ1v) is 8.57. The molecule has 1 unspecified atom stereocenters. The number of hydrogen-bond acceptors (Lipinski definition) is 3. The highest BCUT2D eigenvalue weighted by Crippen LogP contribution is 2.33. The third-order valence-electron chi connectivity index (χ3n) is 4.36. The molecule has 24 heavy (non-hydrogen) atoms. The van der Waals surface area contributed by atoms with Crippen molar-refractivity contribution in [2.24, 2.45) is 0 Å². The first-order valence-electron chi connectivity index (χ1n) is 8.57. The van der Waals surface area contributed by atoms with E-state index >= 15 is 0 Å². The lowest BCUT2D eigenvalue weighted by Gasteiger charge is -2.26. The van der Waals surface area contributed by atoms with Crippen LogP contribution in [0.5, 0.6) is 11.5 Å². The summed E-state index contributed by atoms with van der Waals surface area (Å²) in [5.74, 6) is 1.81. The second-order valence-corrected chi connectivity index (χ2v) is 7.11. The predicted molar refractivity (Wildman–Crippen MR) is 96.0 cm³/mol. The van der Waals surface area contributed by atoms with E-state index in [0.717, 1.165) is 18.1 Å². The average molecular weight is 326 g/mol. The highest BCUT2D eigenvalue weighted by Gasteiger charge is 2.24. The van der Waals surface area contributed by atoms with Crippen LogP contribution in [0, 0.1) is 0 Å². The highest BCUT2D eigenvalue weighted by atomic mass is 16.6. The minimum absolute atomic E-state index is 0.0749. The molecule has 0 radical (unpaired) electrons. The van der Waals surface area contributed by atoms with Crippen LogP contribution < -0.4 is 9.47 Å². The van der Waals surface area contributed by atoms with Crippen LogP contribution in [0.3, 0.4) is 0 Å². The van der Waals surface area contributed by atoms with Gasteiger partial charge >= 0.3 is 0 Å². The molecule has 0 spiro atoms. The molecule has 0 aromatic heterocycles. The van der Waals surface area contributed by atoms with Crippen LogP contribution in [0.15, 0.2) is 48.5 Å². The van der Waals surface area contributed by atoms with Crippen molar-refractivity contribution in [1.82, 2.24) is 0 Å². The van der Waals surface area contributed by atoms with Crippen molar-refractivity contribution < 1.29 is 14.2 Å². The van der Waals surface area contributed by atoms with E-state index in [9.17, 15) is 0 Å². The molecule has 1 fully saturated rings. The van der Waals surface area contributed by atoms with Crippen molar-refractivity contribution >= 4 is 0 Å². The Labute approximate surface area is 144 Å². The van der Waals surface area contributed by atoms with E-state index in [1.165, 1.54) is 11.1 Å². The molecule has 3 rings (SSSR count). The molecule has 1 aliphatic heterocycles. The fraction of sp³-hybridized carbons (Fsp3) is 0.429. The van der Waals surface area contributed by atoms with Gasteiger partial charge in [0.1, 0.15) is 24.2 Å². The molecule has 2 aromatic rings. The Bertz CT molecular complexity index is 652. The zero-order valence-electron chi connectivity index (χ0n) is 14.9. The van der Waals surface area contributed by atoms with Crippen molar-refractivity contribution in [3.05, 3.63) is 59.7 Å². The molecule has 3 nitrogen and oxygen atoms in total. The lowest BCUT2D eigenvalue weighted by atomic mass is 9.78. The fourth-order valence-corrected chi connectivity index (χ4v) is 2.71. The van der Waals surface area contributed by atoms with Crippen LogP contribution in [0.25, 0.3) is 0 Å². The van der Waals surface area contributed by atoms with Crippen molar-refractivity contribution in [3.8, 4) is 11.5 Å². The Balaban J connectivity index is 1.71. The van der Waals surface area contributed by atoms with Gasteiger partial charge in [0.2, 0.25) is 0 Å². The molecule has 1 atom stereocenters. The lowest BCUT2D eigenvalue weighted by molar-refractivity contribution is 0.242. The smallest absolute Gasteiger partial charge is 0.119 e. The molecule has 2 aromatic carbocycles. The van der Waals surface area contributed by atoms with Gasteiger partial charge in [0, 0.05) is 5.41 Å². The Kier molecular flexibility index (Phi) is 4.81. The third-order valence-corrected chi connectivity index (χ3v) is 4.36. The number of hydrogen-bond donors (Lipinski definition) is 0. The Morgan fingerprint density at radius 1 is 0.958 bits per heavy atom. The van der Waals surface area contributed by atoms with Crippen molar-refractivity contribution in [3.63, 3.8) is 0 Å². The van der Waals surface area contributed by atoms with E-state index in [0.29, 0.717) is 6.61 Å². The second kappa shape index (κ2) is 6.86. The van der Waals surface area contributed by atoms with E-state index in [4.69, 9.17) is 14.2 Å². The Morgan fingerprint density at radius 2 is 1.46 bits per heavy atom. The standard InChI is InChI=1S/C21H26O3/c1-15(2)24-19-11-7-17(8-12-19)21(3,4)16-5-9-18(10-6-16)22-13-20-14-23-20/h5-12,15,20H,13-14H2,1-4H3. The van der Waals surface area contributed by atoms with Gasteiger partial charge in [-0.25, -0.2) is 0 Å². The maximum Gasteiger partial charge on any atom is 0.119 e. The summed E-state index contributed by atoms with van der Waals surface area (Å²) < 4.78 is 16.6. The van der Waals surface area contributed by atoms with Gasteiger partial charge in [0.15, 0.2) is 0 Å². The van der Waals surface area contributed by atoms with Gasteiger partial charge in [-0.05, 0) is 49.2 Å². The molecule has 1 aliphatic rings. The molecule has 3 heteroatoms. The quantitative estimate of drug-likeness (QED) is 0.698. The molecule has 0 saturated carbocycles. The molecular weight excluding hydrogens is 300 g/mol. The molecule has 0 amide bonds. The van der Waals surface area contributed by atoms with Crippen LogP contribution >= 0.6 is 0 Å². The number of epoxide rings is 1. The van der Waals surface area contributed by atoms with E-state index in [-0.39, 0.29) is 17.6 Å². The lowest BCUT2D eigenvalue weighted by Crippen LogP contribution is -2.19. The van der Waals surface area contributed by atoms with Crippen LogP contribution in [0.4, 0.5) is 0 Å². The average Bonchev–Trinajstić information content (AvgIpc) is 3.38. The minimum atomic E-state index is -0.0749. The van der Waals surface area contributed by atoms with Crippen LogP contribution in [0.2, 0.25) is 0 Å². The van der Waals surface area contributed by atoms with Gasteiger partial charge in [-0.15, -0.1) is 0 Å². The van der Waals surface area contributed by atoms with Gasteiger partial charge in [0.05, 0.1) is 12.7 Å². The summed E-state index contributed by atoms with van der Waals surface area (Å²) in [7, 11) is 0. The van der Waals surface area contributed by atoms with Crippen LogP contribution in [-0.4, -0.2) is 25.4 Å². The summed E-state index contributed by atoms with van der Waals surface area (Å²) in [6.07, 6.45) is 0.477. The highest BCUT2D eigenvalue weighted by molar-refractivity contribution is 5.41. The molecule has 0 bridgehead atoms. The van der Waals surface area contributed by atoms with Crippen molar-refractivity contribution in [2.45, 2.75) is 45.3 Å². The van der Waals surface area contributed by atoms with Crippen molar-refractivity contribution in [2.75, 3.05) is 13.2 Å². The summed E-state index contributed by atoms with van der Waals surface area (Å²) in [5.41, 5.74) is 2.45. The summed E-state index contributed by atoms with van der Waals surface area (Å²) >= 11 is 0. The first kappa shape index (κ1) is 16.8. The van der Waals surface area contributed by atoms with Gasteiger partial charge < -0.3 is 14.2 Å². The number of rotatable bonds is 7. The fourth-order valence-electron chi connectivity index (χ4n) is 2.71. The zero-order chi connectivity index (χ0) is 17.2. The van der Waals surface area contributed by atoms with Gasteiger partial charge in [-0.2, -0.15) is 0 Å². The molecule has 128 valence electrons. The van der Waals surface area contributed by atoms with Crippen LogP contribution in [0.1, 0.15) is 38.8 Å². The van der Waals surface area contributed by atoms with Gasteiger partial charge in [0.25, 0.3) is 0 Å². The Morgan fingerprint density at radius 3 is 1.92 bits per heavy atom. The topological polar surface area (TPSA) is 31.0 Å². The van der Waals surface area contributed by atoms with Crippen LogP contribution in [-0.2, 0) is 10.2 Å². The molecule has 1 heterocycles. The maximum absolute atomic E-state index is 5.73. The summed E-state index contributed by atoms with van der Waals surface area (Å²) in [6.45, 7) is 10.0. The summed E-state index contributed by atoms with van der Waals surface area (Å²) in [6, 6.07) is 16.7. The van der Waals surface area contributed by atoms with E-state index < -0.39 is 0 Å².